The zero-order chi connectivity index (χ0) is 26.3. The average Bonchev–Trinajstić information content (AvgIpc) is 2.88. The van der Waals surface area contributed by atoms with Crippen molar-refractivity contribution in [2.24, 2.45) is 0 Å². The van der Waals surface area contributed by atoms with Crippen LogP contribution in [0.1, 0.15) is 15.9 Å². The van der Waals surface area contributed by atoms with Crippen LogP contribution in [0.4, 0.5) is 5.69 Å². The smallest absolute Gasteiger partial charge is 0.339 e. The fourth-order valence-electron chi connectivity index (χ4n) is 2.96. The van der Waals surface area contributed by atoms with Crippen molar-refractivity contribution in [1.29, 1.82) is 5.26 Å². The van der Waals surface area contributed by atoms with Crippen LogP contribution in [0, 0.1) is 11.3 Å². The van der Waals surface area contributed by atoms with Crippen molar-refractivity contribution in [2.75, 3.05) is 19.5 Å². The number of nitrogens with zero attached hydrogens (tertiary/aromatic N) is 1. The second kappa shape index (κ2) is 11.1. The minimum Gasteiger partial charge on any atom is -0.497 e. The number of aromatic carboxylic acids is 1. The number of carboxylic acid groups (broad SMARTS) is 1. The lowest BCUT2D eigenvalue weighted by Crippen LogP contribution is -2.13. The summed E-state index contributed by atoms with van der Waals surface area (Å²) in [4.78, 5) is 23.4. The molecule has 0 atom stereocenters. The van der Waals surface area contributed by atoms with Gasteiger partial charge in [0.25, 0.3) is 5.91 Å². The molecule has 0 saturated carbocycles. The Morgan fingerprint density at radius 3 is 2.17 bits per heavy atom. The van der Waals surface area contributed by atoms with Gasteiger partial charge in [0.1, 0.15) is 22.3 Å². The molecular formula is C25H20N2O8S. The summed E-state index contributed by atoms with van der Waals surface area (Å²) in [6.07, 6.45) is 1.28. The van der Waals surface area contributed by atoms with Gasteiger partial charge in [0.2, 0.25) is 0 Å². The van der Waals surface area contributed by atoms with Gasteiger partial charge >= 0.3 is 16.1 Å². The molecule has 0 unspecified atom stereocenters. The van der Waals surface area contributed by atoms with Crippen molar-refractivity contribution < 1.29 is 36.8 Å². The summed E-state index contributed by atoms with van der Waals surface area (Å²) in [7, 11) is -1.40. The first kappa shape index (κ1) is 25.8. The Morgan fingerprint density at radius 2 is 1.61 bits per heavy atom. The normalized spacial score (nSPS) is 11.2. The van der Waals surface area contributed by atoms with Gasteiger partial charge in [-0.15, -0.1) is 0 Å². The van der Waals surface area contributed by atoms with Crippen LogP contribution < -0.4 is 19.0 Å². The summed E-state index contributed by atoms with van der Waals surface area (Å²) < 4.78 is 40.8. The lowest BCUT2D eigenvalue weighted by molar-refractivity contribution is -0.112. The van der Waals surface area contributed by atoms with E-state index in [0.717, 1.165) is 0 Å². The van der Waals surface area contributed by atoms with Gasteiger partial charge in [-0.1, -0.05) is 6.07 Å². The van der Waals surface area contributed by atoms with Crippen molar-refractivity contribution in [2.45, 2.75) is 4.90 Å². The SMILES string of the molecule is COc1ccc(S(=O)(=O)Oc2ccc(/C=C(\C#N)C(=O)Nc3ccc(C(=O)O)cc3)cc2OC)cc1. The van der Waals surface area contributed by atoms with Gasteiger partial charge in [0.15, 0.2) is 11.5 Å². The summed E-state index contributed by atoms with van der Waals surface area (Å²) in [5.41, 5.74) is 0.469. The van der Waals surface area contributed by atoms with E-state index in [0.29, 0.717) is 17.0 Å². The predicted molar refractivity (Wildman–Crippen MR) is 129 cm³/mol. The van der Waals surface area contributed by atoms with E-state index in [-0.39, 0.29) is 27.5 Å². The number of amides is 1. The van der Waals surface area contributed by atoms with Crippen LogP contribution >= 0.6 is 0 Å². The molecule has 0 bridgehead atoms. The van der Waals surface area contributed by atoms with Gasteiger partial charge in [-0.25, -0.2) is 4.79 Å². The molecule has 3 aromatic carbocycles. The number of hydrogen-bond acceptors (Lipinski definition) is 8. The third-order valence-electron chi connectivity index (χ3n) is 4.80. The first-order valence-corrected chi connectivity index (χ1v) is 11.6. The van der Waals surface area contributed by atoms with Crippen molar-refractivity contribution >= 4 is 33.8 Å². The highest BCUT2D eigenvalue weighted by Gasteiger charge is 2.20. The monoisotopic (exact) mass is 508 g/mol. The van der Waals surface area contributed by atoms with E-state index >= 15 is 0 Å². The number of nitriles is 1. The quantitative estimate of drug-likeness (QED) is 0.250. The summed E-state index contributed by atoms with van der Waals surface area (Å²) >= 11 is 0. The van der Waals surface area contributed by atoms with E-state index in [2.05, 4.69) is 5.32 Å². The number of benzene rings is 3. The first-order chi connectivity index (χ1) is 17.2. The number of anilines is 1. The van der Waals surface area contributed by atoms with E-state index < -0.39 is 22.0 Å². The number of methoxy groups -OCH3 is 2. The third kappa shape index (κ3) is 6.19. The second-order valence-electron chi connectivity index (χ2n) is 7.13. The molecule has 10 nitrogen and oxygen atoms in total. The largest absolute Gasteiger partial charge is 0.497 e. The average molecular weight is 509 g/mol. The maximum atomic E-state index is 12.6. The first-order valence-electron chi connectivity index (χ1n) is 10.2. The molecule has 0 spiro atoms. The van der Waals surface area contributed by atoms with E-state index in [1.165, 1.54) is 87.0 Å². The highest BCUT2D eigenvalue weighted by Crippen LogP contribution is 2.32. The number of carbonyl (C=O) groups excluding carboxylic acids is 1. The van der Waals surface area contributed by atoms with Crippen LogP contribution in [0.3, 0.4) is 0 Å². The molecule has 0 radical (unpaired) electrons. The van der Waals surface area contributed by atoms with Crippen molar-refractivity contribution in [3.05, 3.63) is 83.4 Å². The van der Waals surface area contributed by atoms with E-state index in [1.54, 1.807) is 6.07 Å². The molecule has 3 aromatic rings. The minimum absolute atomic E-state index is 0.0486. The van der Waals surface area contributed by atoms with Gasteiger partial charge in [0.05, 0.1) is 19.8 Å². The summed E-state index contributed by atoms with van der Waals surface area (Å²) in [5, 5.41) is 20.9. The highest BCUT2D eigenvalue weighted by atomic mass is 32.2. The highest BCUT2D eigenvalue weighted by molar-refractivity contribution is 7.87. The van der Waals surface area contributed by atoms with Crippen LogP contribution in [0.2, 0.25) is 0 Å². The Kier molecular flexibility index (Phi) is 7.93. The van der Waals surface area contributed by atoms with Gasteiger partial charge in [0, 0.05) is 5.69 Å². The molecule has 3 rings (SSSR count). The standard InChI is InChI=1S/C25H20N2O8S/c1-33-20-8-10-21(11-9-20)36(31,32)35-22-12-3-16(14-23(22)34-2)13-18(15-26)24(28)27-19-6-4-17(5-7-19)25(29)30/h3-14H,1-2H3,(H,27,28)(H,29,30)/b18-13+. The summed E-state index contributed by atoms with van der Waals surface area (Å²) in [5.74, 6) is -1.38. The number of ether oxygens (including phenoxy) is 2. The summed E-state index contributed by atoms with van der Waals surface area (Å²) in [6.45, 7) is 0. The number of carboxylic acids is 1. The Labute approximate surface area is 207 Å². The Balaban J connectivity index is 1.81. The third-order valence-corrected chi connectivity index (χ3v) is 6.05. The second-order valence-corrected chi connectivity index (χ2v) is 8.68. The number of nitrogens with one attached hydrogen (secondary N) is 1. The molecule has 0 aliphatic carbocycles. The number of carbonyl (C=O) groups is 2. The van der Waals surface area contributed by atoms with Crippen LogP contribution in [0.5, 0.6) is 17.2 Å². The fourth-order valence-corrected chi connectivity index (χ4v) is 3.90. The van der Waals surface area contributed by atoms with Crippen LogP contribution in [-0.2, 0) is 14.9 Å². The molecule has 0 saturated heterocycles. The van der Waals surface area contributed by atoms with Gasteiger partial charge in [-0.3, -0.25) is 4.79 Å². The fraction of sp³-hybridized carbons (Fsp3) is 0.0800. The molecule has 1 amide bonds. The molecule has 11 heteroatoms. The molecule has 36 heavy (non-hydrogen) atoms. The molecular weight excluding hydrogens is 488 g/mol. The van der Waals surface area contributed by atoms with E-state index in [9.17, 15) is 23.3 Å². The lowest BCUT2D eigenvalue weighted by Gasteiger charge is -2.12. The molecule has 0 aliphatic heterocycles. The summed E-state index contributed by atoms with van der Waals surface area (Å²) in [6, 6.07) is 17.1. The lowest BCUT2D eigenvalue weighted by atomic mass is 10.1. The van der Waals surface area contributed by atoms with Crippen molar-refractivity contribution in [3.8, 4) is 23.3 Å². The Hall–Kier alpha value is -4.82. The van der Waals surface area contributed by atoms with Crippen LogP contribution in [-0.4, -0.2) is 39.6 Å². The topological polar surface area (TPSA) is 152 Å². The van der Waals surface area contributed by atoms with E-state index in [4.69, 9.17) is 18.8 Å². The van der Waals surface area contributed by atoms with Crippen LogP contribution in [0.25, 0.3) is 6.08 Å². The van der Waals surface area contributed by atoms with Crippen LogP contribution in [0.15, 0.2) is 77.2 Å². The van der Waals surface area contributed by atoms with Gasteiger partial charge < -0.3 is 24.1 Å². The maximum Gasteiger partial charge on any atom is 0.339 e. The van der Waals surface area contributed by atoms with Gasteiger partial charge in [-0.2, -0.15) is 13.7 Å². The Bertz CT molecular complexity index is 1460. The van der Waals surface area contributed by atoms with Crippen molar-refractivity contribution in [3.63, 3.8) is 0 Å². The molecule has 0 aliphatic rings. The zero-order valence-corrected chi connectivity index (χ0v) is 19.9. The zero-order valence-electron chi connectivity index (χ0n) is 19.1. The molecule has 184 valence electrons. The van der Waals surface area contributed by atoms with E-state index in [1.807, 2.05) is 0 Å². The Morgan fingerprint density at radius 1 is 0.944 bits per heavy atom. The predicted octanol–water partition coefficient (Wildman–Crippen LogP) is 3.72. The molecule has 2 N–H and O–H groups in total. The van der Waals surface area contributed by atoms with Gasteiger partial charge in [-0.05, 0) is 72.3 Å². The maximum absolute atomic E-state index is 12.6. The minimum atomic E-state index is -4.17. The number of hydrogen-bond donors (Lipinski definition) is 2. The molecule has 0 heterocycles. The number of rotatable bonds is 9. The molecule has 0 aromatic heterocycles. The molecule has 0 fully saturated rings. The van der Waals surface area contributed by atoms with Crippen molar-refractivity contribution in [1.82, 2.24) is 0 Å².